The third-order valence-electron chi connectivity index (χ3n) is 17.0. The van der Waals surface area contributed by atoms with Crippen molar-refractivity contribution in [3.63, 3.8) is 0 Å². The molecule has 1 aliphatic heterocycles. The molecule has 0 aliphatic carbocycles. The lowest BCUT2D eigenvalue weighted by Crippen LogP contribution is -2.61. The number of unbranched alkanes of at least 4 members (excludes halogenated alkanes) is 35. The molecule has 11 nitrogen and oxygen atoms in total. The van der Waals surface area contributed by atoms with Gasteiger partial charge in [0.25, 0.3) is 0 Å². The van der Waals surface area contributed by atoms with Crippen LogP contribution in [0.5, 0.6) is 0 Å². The molecule has 1 amide bonds. The van der Waals surface area contributed by atoms with Gasteiger partial charge in [-0.25, -0.2) is 0 Å². The van der Waals surface area contributed by atoms with Crippen LogP contribution in [0.4, 0.5) is 0 Å². The lowest BCUT2D eigenvalue weighted by molar-refractivity contribution is -0.305. The van der Waals surface area contributed by atoms with E-state index in [1.54, 1.807) is 6.08 Å². The second kappa shape index (κ2) is 64.7. The van der Waals surface area contributed by atoms with E-state index in [4.69, 9.17) is 14.2 Å². The van der Waals surface area contributed by atoms with E-state index in [-0.39, 0.29) is 19.4 Å². The second-order valence-corrected chi connectivity index (χ2v) is 25.3. The molecular weight excluding hydrogens is 1110 g/mol. The summed E-state index contributed by atoms with van der Waals surface area (Å²) in [5.74, 6) is -1.20. The molecule has 6 N–H and O–H groups in total. The van der Waals surface area contributed by atoms with Crippen LogP contribution < -0.4 is 5.32 Å². The maximum atomic E-state index is 13.5. The van der Waals surface area contributed by atoms with Crippen LogP contribution in [0.1, 0.15) is 323 Å². The van der Waals surface area contributed by atoms with Crippen LogP contribution in [-0.2, 0) is 23.8 Å². The number of carbonyl (C=O) groups is 2. The summed E-state index contributed by atoms with van der Waals surface area (Å²) in [4.78, 5) is 26.7. The zero-order valence-corrected chi connectivity index (χ0v) is 57.3. The molecule has 0 aromatic carbocycles. The Labute approximate surface area is 546 Å². The van der Waals surface area contributed by atoms with Crippen molar-refractivity contribution < 1.29 is 49.3 Å². The van der Waals surface area contributed by atoms with Crippen molar-refractivity contribution in [3.05, 3.63) is 97.2 Å². The molecule has 89 heavy (non-hydrogen) atoms. The minimum Gasteiger partial charge on any atom is -0.454 e. The lowest BCUT2D eigenvalue weighted by Gasteiger charge is -2.41. The van der Waals surface area contributed by atoms with E-state index in [2.05, 4.69) is 111 Å². The van der Waals surface area contributed by atoms with Crippen LogP contribution in [0.25, 0.3) is 0 Å². The van der Waals surface area contributed by atoms with Gasteiger partial charge in [-0.2, -0.15) is 0 Å². The van der Waals surface area contributed by atoms with E-state index >= 15 is 0 Å². The predicted octanol–water partition coefficient (Wildman–Crippen LogP) is 19.4. The summed E-state index contributed by atoms with van der Waals surface area (Å²) in [6.07, 6.45) is 77.3. The first-order chi connectivity index (χ1) is 43.7. The van der Waals surface area contributed by atoms with Gasteiger partial charge in [0.15, 0.2) is 12.4 Å². The molecule has 0 radical (unpaired) electrons. The quantitative estimate of drug-likeness (QED) is 0.0195. The molecule has 514 valence electrons. The Hall–Kier alpha value is -3.42. The average molecular weight is 1250 g/mol. The summed E-state index contributed by atoms with van der Waals surface area (Å²) in [6.45, 7) is 5.75. The Bertz CT molecular complexity index is 1820. The van der Waals surface area contributed by atoms with Gasteiger partial charge < -0.3 is 45.1 Å². The SMILES string of the molecule is CCCCC/C=C\C/C=C\C/C=C\C/C=C\CCCCCCCCCCCCC(O)C(=O)NC(COC1OC(CO)C(O)C(O)C1OC(=O)CCCCCCCCCCCC/C=C\C/C=C\C/C=C\CCCCC)C(O)/C=C/CCCCCCCCCCC. The highest BCUT2D eigenvalue weighted by Gasteiger charge is 2.47. The number of esters is 1. The Morgan fingerprint density at radius 2 is 0.775 bits per heavy atom. The highest BCUT2D eigenvalue weighted by atomic mass is 16.7. The summed E-state index contributed by atoms with van der Waals surface area (Å²) in [6, 6.07) is -1.03. The number of aliphatic hydroxyl groups is 5. The molecule has 1 fully saturated rings. The molecule has 0 aromatic heterocycles. The topological polar surface area (TPSA) is 175 Å². The molecule has 11 heteroatoms. The number of amides is 1. The van der Waals surface area contributed by atoms with Gasteiger partial charge in [-0.15, -0.1) is 0 Å². The summed E-state index contributed by atoms with van der Waals surface area (Å²) in [5.41, 5.74) is 0. The zero-order valence-electron chi connectivity index (χ0n) is 57.3. The van der Waals surface area contributed by atoms with Crippen LogP contribution in [0.15, 0.2) is 97.2 Å². The van der Waals surface area contributed by atoms with E-state index < -0.39 is 67.4 Å². The number of nitrogens with one attached hydrogen (secondary N) is 1. The molecule has 0 aromatic rings. The average Bonchev–Trinajstić information content (AvgIpc) is 2.45. The number of ether oxygens (including phenoxy) is 3. The first-order valence-electron chi connectivity index (χ1n) is 37.0. The summed E-state index contributed by atoms with van der Waals surface area (Å²) >= 11 is 0. The molecule has 1 saturated heterocycles. The van der Waals surface area contributed by atoms with E-state index in [0.29, 0.717) is 12.8 Å². The number of hydrogen-bond donors (Lipinski definition) is 6. The fraction of sp³-hybridized carbons (Fsp3) is 0.769. The highest BCUT2D eigenvalue weighted by Crippen LogP contribution is 2.26. The van der Waals surface area contributed by atoms with Crippen LogP contribution in [0.3, 0.4) is 0 Å². The van der Waals surface area contributed by atoms with E-state index in [1.165, 1.54) is 173 Å². The van der Waals surface area contributed by atoms with Gasteiger partial charge in [-0.1, -0.05) is 304 Å². The minimum absolute atomic E-state index is 0.116. The minimum atomic E-state index is -1.62. The van der Waals surface area contributed by atoms with Crippen LogP contribution in [-0.4, -0.2) is 99.6 Å². The number of allylic oxidation sites excluding steroid dienone is 15. The van der Waals surface area contributed by atoms with Gasteiger partial charge in [-0.05, 0) is 109 Å². The molecule has 0 saturated carbocycles. The van der Waals surface area contributed by atoms with E-state index in [1.807, 2.05) is 6.08 Å². The second-order valence-electron chi connectivity index (χ2n) is 25.3. The third kappa shape index (κ3) is 51.7. The molecule has 8 unspecified atom stereocenters. The first kappa shape index (κ1) is 83.6. The predicted molar refractivity (Wildman–Crippen MR) is 375 cm³/mol. The number of rotatable bonds is 63. The van der Waals surface area contributed by atoms with Gasteiger partial charge in [0.2, 0.25) is 5.91 Å². The Balaban J connectivity index is 2.54. The Morgan fingerprint density at radius 3 is 1.18 bits per heavy atom. The maximum absolute atomic E-state index is 13.5. The maximum Gasteiger partial charge on any atom is 0.306 e. The lowest BCUT2D eigenvalue weighted by atomic mass is 9.99. The monoisotopic (exact) mass is 1250 g/mol. The number of aliphatic hydroxyl groups excluding tert-OH is 5. The number of hydrogen-bond acceptors (Lipinski definition) is 10. The first-order valence-corrected chi connectivity index (χ1v) is 37.0. The Morgan fingerprint density at radius 1 is 0.438 bits per heavy atom. The van der Waals surface area contributed by atoms with Crippen molar-refractivity contribution in [2.45, 2.75) is 372 Å². The molecule has 1 rings (SSSR count). The summed E-state index contributed by atoms with van der Waals surface area (Å²) in [5, 5.41) is 57.3. The van der Waals surface area contributed by atoms with Crippen molar-refractivity contribution >= 4 is 11.9 Å². The molecule has 1 heterocycles. The van der Waals surface area contributed by atoms with Crippen molar-refractivity contribution in [1.82, 2.24) is 5.32 Å². The molecule has 8 atom stereocenters. The van der Waals surface area contributed by atoms with Gasteiger partial charge in [0.05, 0.1) is 25.4 Å². The van der Waals surface area contributed by atoms with Crippen LogP contribution >= 0.6 is 0 Å². The van der Waals surface area contributed by atoms with Gasteiger partial charge in [-0.3, -0.25) is 9.59 Å². The number of carbonyl (C=O) groups excluding carboxylic acids is 2. The van der Waals surface area contributed by atoms with Crippen molar-refractivity contribution in [2.24, 2.45) is 0 Å². The molecule has 1 aliphatic rings. The molecule has 0 bridgehead atoms. The van der Waals surface area contributed by atoms with Gasteiger partial charge >= 0.3 is 5.97 Å². The third-order valence-corrected chi connectivity index (χ3v) is 17.0. The highest BCUT2D eigenvalue weighted by molar-refractivity contribution is 5.80. The van der Waals surface area contributed by atoms with Crippen LogP contribution in [0, 0.1) is 0 Å². The molecular formula is C78H137NO10. The standard InChI is InChI=1S/C78H137NO10/c1-4-7-10-13-16-19-22-24-26-28-30-32-34-35-36-38-39-41-43-45-47-50-53-56-59-62-65-71(82)77(86)79-69(70(81)64-61-58-55-52-49-21-18-15-12-9-6-3)68-87-78-76(75(85)74(84)72(67-80)88-78)89-73(83)66-63-60-57-54-51-48-46-44-42-40-37-33-31-29-27-25-23-20-17-14-11-8-5-2/h16-17,19-20,24-27,30-33,35-36,61,64,69-72,74-76,78,80-82,84-85H,4-15,18,21-23,28-29,34,37-60,62-63,65-68H2,1-3H3,(H,79,86)/b19-16-,20-17-,26-24-,27-25-,32-30-,33-31-,36-35-,64-61+. The Kier molecular flexibility index (Phi) is 60.7. The van der Waals surface area contributed by atoms with Gasteiger partial charge in [0.1, 0.15) is 24.4 Å². The van der Waals surface area contributed by atoms with Crippen molar-refractivity contribution in [2.75, 3.05) is 13.2 Å². The fourth-order valence-electron chi connectivity index (χ4n) is 11.1. The fourth-order valence-corrected chi connectivity index (χ4v) is 11.1. The van der Waals surface area contributed by atoms with Crippen molar-refractivity contribution in [1.29, 1.82) is 0 Å². The summed E-state index contributed by atoms with van der Waals surface area (Å²) < 4.78 is 17.7. The smallest absolute Gasteiger partial charge is 0.306 e. The zero-order chi connectivity index (χ0) is 64.6. The van der Waals surface area contributed by atoms with E-state index in [9.17, 15) is 35.1 Å². The van der Waals surface area contributed by atoms with Crippen LogP contribution in [0.2, 0.25) is 0 Å². The summed E-state index contributed by atoms with van der Waals surface area (Å²) in [7, 11) is 0. The van der Waals surface area contributed by atoms with E-state index in [0.717, 1.165) is 103 Å². The largest absolute Gasteiger partial charge is 0.454 e. The molecule has 0 spiro atoms. The van der Waals surface area contributed by atoms with Crippen molar-refractivity contribution in [3.8, 4) is 0 Å². The van der Waals surface area contributed by atoms with Gasteiger partial charge in [0, 0.05) is 6.42 Å². The normalized spacial score (nSPS) is 18.7.